The van der Waals surface area contributed by atoms with E-state index in [1.54, 1.807) is 0 Å². The fraction of sp³-hybridized carbons (Fsp3) is 0.400. The van der Waals surface area contributed by atoms with Crippen LogP contribution in [0.5, 0.6) is 11.5 Å². The van der Waals surface area contributed by atoms with Gasteiger partial charge in [-0.15, -0.1) is 0 Å². The summed E-state index contributed by atoms with van der Waals surface area (Å²) in [6.45, 7) is 6.39. The molecule has 0 unspecified atom stereocenters. The van der Waals surface area contributed by atoms with Crippen molar-refractivity contribution in [2.24, 2.45) is 0 Å². The molecule has 0 aliphatic rings. The number of aryl methyl sites for hydroxylation is 1. The van der Waals surface area contributed by atoms with Crippen molar-refractivity contribution in [3.05, 3.63) is 48.0 Å². The predicted octanol–water partition coefficient (Wildman–Crippen LogP) is 4.50. The fourth-order valence-corrected chi connectivity index (χ4v) is 2.46. The van der Waals surface area contributed by atoms with Gasteiger partial charge in [0.25, 0.3) is 0 Å². The van der Waals surface area contributed by atoms with Crippen molar-refractivity contribution in [1.82, 2.24) is 0 Å². The van der Waals surface area contributed by atoms with Crippen molar-refractivity contribution >= 4 is 11.4 Å². The molecule has 24 heavy (non-hydrogen) atoms. The van der Waals surface area contributed by atoms with E-state index in [2.05, 4.69) is 18.3 Å². The van der Waals surface area contributed by atoms with Gasteiger partial charge in [-0.2, -0.15) is 0 Å². The highest BCUT2D eigenvalue weighted by atomic mass is 16.5. The normalized spacial score (nSPS) is 10.4. The van der Waals surface area contributed by atoms with Crippen LogP contribution < -0.4 is 20.5 Å². The second-order valence-corrected chi connectivity index (χ2v) is 5.71. The smallest absolute Gasteiger partial charge is 0.142 e. The Balaban J connectivity index is 1.74. The van der Waals surface area contributed by atoms with Gasteiger partial charge in [0.05, 0.1) is 18.9 Å². The number of ether oxygens (including phenoxy) is 2. The molecule has 0 fully saturated rings. The van der Waals surface area contributed by atoms with Gasteiger partial charge in [0.1, 0.15) is 11.5 Å². The monoisotopic (exact) mass is 328 g/mol. The third kappa shape index (κ3) is 5.69. The molecule has 0 atom stereocenters. The lowest BCUT2D eigenvalue weighted by Crippen LogP contribution is -2.04. The average Bonchev–Trinajstić information content (AvgIpc) is 2.59. The second kappa shape index (κ2) is 9.71. The van der Waals surface area contributed by atoms with E-state index in [0.717, 1.165) is 48.7 Å². The Hall–Kier alpha value is -2.36. The number of nitrogens with two attached hydrogens (primary N) is 1. The quantitative estimate of drug-likeness (QED) is 0.498. The van der Waals surface area contributed by atoms with Crippen molar-refractivity contribution in [1.29, 1.82) is 0 Å². The molecule has 2 rings (SSSR count). The van der Waals surface area contributed by atoms with Gasteiger partial charge in [-0.1, -0.05) is 13.0 Å². The SMILES string of the molecule is CCCOc1ccc(CCCNc2ccc(OCC)cc2)cc1N. The molecule has 0 heterocycles. The van der Waals surface area contributed by atoms with Crippen LogP contribution in [0.4, 0.5) is 11.4 Å². The minimum absolute atomic E-state index is 0.693. The van der Waals surface area contributed by atoms with Crippen LogP contribution >= 0.6 is 0 Å². The molecule has 0 saturated carbocycles. The molecule has 0 aliphatic heterocycles. The summed E-state index contributed by atoms with van der Waals surface area (Å²) < 4.78 is 11.0. The lowest BCUT2D eigenvalue weighted by atomic mass is 10.1. The lowest BCUT2D eigenvalue weighted by molar-refractivity contribution is 0.319. The maximum absolute atomic E-state index is 6.04. The van der Waals surface area contributed by atoms with Gasteiger partial charge >= 0.3 is 0 Å². The Kier molecular flexibility index (Phi) is 7.27. The zero-order valence-corrected chi connectivity index (χ0v) is 14.7. The zero-order chi connectivity index (χ0) is 17.2. The van der Waals surface area contributed by atoms with Crippen molar-refractivity contribution in [3.8, 4) is 11.5 Å². The summed E-state index contributed by atoms with van der Waals surface area (Å²) in [5.74, 6) is 1.69. The van der Waals surface area contributed by atoms with Gasteiger partial charge < -0.3 is 20.5 Å². The summed E-state index contributed by atoms with van der Waals surface area (Å²) in [5.41, 5.74) is 9.12. The largest absolute Gasteiger partial charge is 0.494 e. The first-order chi connectivity index (χ1) is 11.7. The molecule has 0 aromatic heterocycles. The van der Waals surface area contributed by atoms with Crippen molar-refractivity contribution in [2.75, 3.05) is 30.8 Å². The van der Waals surface area contributed by atoms with Gasteiger partial charge in [0, 0.05) is 12.2 Å². The number of hydrogen-bond donors (Lipinski definition) is 2. The molecule has 0 radical (unpaired) electrons. The van der Waals surface area contributed by atoms with Gasteiger partial charge in [-0.3, -0.25) is 0 Å². The Morgan fingerprint density at radius 2 is 1.79 bits per heavy atom. The first-order valence-corrected chi connectivity index (χ1v) is 8.70. The summed E-state index contributed by atoms with van der Waals surface area (Å²) in [7, 11) is 0. The first-order valence-electron chi connectivity index (χ1n) is 8.70. The number of anilines is 2. The van der Waals surface area contributed by atoms with E-state index >= 15 is 0 Å². The van der Waals surface area contributed by atoms with Crippen LogP contribution in [0.15, 0.2) is 42.5 Å². The highest BCUT2D eigenvalue weighted by molar-refractivity contribution is 5.54. The predicted molar refractivity (Wildman–Crippen MR) is 101 cm³/mol. The van der Waals surface area contributed by atoms with Crippen molar-refractivity contribution < 1.29 is 9.47 Å². The second-order valence-electron chi connectivity index (χ2n) is 5.71. The van der Waals surface area contributed by atoms with E-state index in [-0.39, 0.29) is 0 Å². The minimum atomic E-state index is 0.693. The van der Waals surface area contributed by atoms with Crippen molar-refractivity contribution in [2.45, 2.75) is 33.1 Å². The maximum Gasteiger partial charge on any atom is 0.142 e. The van der Waals surface area contributed by atoms with Crippen molar-refractivity contribution in [3.63, 3.8) is 0 Å². The molecule has 0 aliphatic carbocycles. The summed E-state index contributed by atoms with van der Waals surface area (Å²) in [6.07, 6.45) is 3.02. The van der Waals surface area contributed by atoms with Crippen LogP contribution in [-0.4, -0.2) is 19.8 Å². The topological polar surface area (TPSA) is 56.5 Å². The molecule has 2 aromatic rings. The Morgan fingerprint density at radius 3 is 2.46 bits per heavy atom. The molecule has 0 amide bonds. The fourth-order valence-electron chi connectivity index (χ4n) is 2.46. The standard InChI is InChI=1S/C20H28N2O2/c1-3-14-24-20-12-7-16(15-19(20)21)6-5-13-22-17-8-10-18(11-9-17)23-4-2/h7-12,15,22H,3-6,13-14,21H2,1-2H3. The highest BCUT2D eigenvalue weighted by Gasteiger charge is 2.02. The number of benzene rings is 2. The van der Waals surface area contributed by atoms with E-state index in [0.29, 0.717) is 13.2 Å². The first kappa shape index (κ1) is 18.0. The van der Waals surface area contributed by atoms with Gasteiger partial charge in [0.15, 0.2) is 0 Å². The third-order valence-electron chi connectivity index (χ3n) is 3.67. The van der Waals surface area contributed by atoms with Crippen LogP contribution in [0.1, 0.15) is 32.3 Å². The number of hydrogen-bond acceptors (Lipinski definition) is 4. The molecule has 3 N–H and O–H groups in total. The average molecular weight is 328 g/mol. The molecule has 130 valence electrons. The van der Waals surface area contributed by atoms with Crippen LogP contribution in [-0.2, 0) is 6.42 Å². The molecular weight excluding hydrogens is 300 g/mol. The Bertz CT molecular complexity index is 612. The van der Waals surface area contributed by atoms with Crippen LogP contribution in [0.2, 0.25) is 0 Å². The molecule has 0 bridgehead atoms. The Morgan fingerprint density at radius 1 is 1.00 bits per heavy atom. The molecule has 0 saturated heterocycles. The summed E-state index contributed by atoms with van der Waals surface area (Å²) in [4.78, 5) is 0. The van der Waals surface area contributed by atoms with E-state index in [1.807, 2.05) is 43.3 Å². The summed E-state index contributed by atoms with van der Waals surface area (Å²) in [5, 5.41) is 3.43. The summed E-state index contributed by atoms with van der Waals surface area (Å²) >= 11 is 0. The van der Waals surface area contributed by atoms with Gasteiger partial charge in [-0.25, -0.2) is 0 Å². The van der Waals surface area contributed by atoms with E-state index in [1.165, 1.54) is 5.56 Å². The van der Waals surface area contributed by atoms with E-state index in [9.17, 15) is 0 Å². The van der Waals surface area contributed by atoms with E-state index in [4.69, 9.17) is 15.2 Å². The zero-order valence-electron chi connectivity index (χ0n) is 14.7. The number of nitrogen functional groups attached to an aromatic ring is 1. The number of rotatable bonds is 10. The maximum atomic E-state index is 6.04. The van der Waals surface area contributed by atoms with Gasteiger partial charge in [0.2, 0.25) is 0 Å². The molecule has 4 heteroatoms. The molecule has 2 aromatic carbocycles. The van der Waals surface area contributed by atoms with Gasteiger partial charge in [-0.05, 0) is 68.1 Å². The molecule has 4 nitrogen and oxygen atoms in total. The third-order valence-corrected chi connectivity index (χ3v) is 3.67. The molecular formula is C20H28N2O2. The minimum Gasteiger partial charge on any atom is -0.494 e. The van der Waals surface area contributed by atoms with Crippen LogP contribution in [0, 0.1) is 0 Å². The molecule has 0 spiro atoms. The van der Waals surface area contributed by atoms with Crippen LogP contribution in [0.3, 0.4) is 0 Å². The summed E-state index contributed by atoms with van der Waals surface area (Å²) in [6, 6.07) is 14.1. The Labute approximate surface area is 145 Å². The highest BCUT2D eigenvalue weighted by Crippen LogP contribution is 2.23. The van der Waals surface area contributed by atoms with Crippen LogP contribution in [0.25, 0.3) is 0 Å². The van der Waals surface area contributed by atoms with E-state index < -0.39 is 0 Å². The number of nitrogens with one attached hydrogen (secondary N) is 1. The lowest BCUT2D eigenvalue weighted by Gasteiger charge is -2.10.